The molecule has 0 aliphatic heterocycles. The molecule has 0 saturated heterocycles. The second kappa shape index (κ2) is 13.4. The van der Waals surface area contributed by atoms with Gasteiger partial charge in [-0.25, -0.2) is 4.79 Å². The first-order chi connectivity index (χ1) is 18.2. The van der Waals surface area contributed by atoms with Gasteiger partial charge in [0.2, 0.25) is 0 Å². The normalized spacial score (nSPS) is 13.4. The number of ether oxygens (including phenoxy) is 1. The molecule has 0 heterocycles. The number of aliphatic hydroxyl groups is 1. The summed E-state index contributed by atoms with van der Waals surface area (Å²) in [6, 6.07) is 37.7. The molecule has 4 aromatic rings. The third-order valence-corrected chi connectivity index (χ3v) is 6.15. The smallest absolute Gasteiger partial charge is 0.326 e. The van der Waals surface area contributed by atoms with E-state index in [-0.39, 0.29) is 18.8 Å². The Labute approximate surface area is 218 Å². The highest BCUT2D eigenvalue weighted by Gasteiger charge is 2.27. The molecule has 0 fully saturated rings. The fourth-order valence-corrected chi connectivity index (χ4v) is 4.25. The average molecular weight is 496 g/mol. The molecule has 1 unspecified atom stereocenters. The van der Waals surface area contributed by atoms with Crippen molar-refractivity contribution in [2.24, 2.45) is 0 Å². The van der Waals surface area contributed by atoms with Crippen molar-refractivity contribution in [1.29, 1.82) is 0 Å². The third kappa shape index (κ3) is 7.27. The summed E-state index contributed by atoms with van der Waals surface area (Å²) in [7, 11) is 1.62. The van der Waals surface area contributed by atoms with E-state index >= 15 is 0 Å². The number of hydrogen-bond donors (Lipinski definition) is 3. The minimum absolute atomic E-state index is 0.224. The van der Waals surface area contributed by atoms with Gasteiger partial charge in [0.25, 0.3) is 0 Å². The lowest BCUT2D eigenvalue weighted by Crippen LogP contribution is -2.52. The van der Waals surface area contributed by atoms with Crippen LogP contribution in [0.2, 0.25) is 0 Å². The zero-order valence-electron chi connectivity index (χ0n) is 20.9. The summed E-state index contributed by atoms with van der Waals surface area (Å²) in [4.78, 5) is 15.3. The van der Waals surface area contributed by atoms with Crippen LogP contribution in [0, 0.1) is 0 Å². The van der Waals surface area contributed by atoms with Gasteiger partial charge < -0.3 is 15.2 Å². The largest absolute Gasteiger partial charge is 0.390 e. The average Bonchev–Trinajstić information content (AvgIpc) is 2.95. The van der Waals surface area contributed by atoms with Crippen LogP contribution in [0.5, 0.6) is 0 Å². The predicted octanol–water partition coefficient (Wildman–Crippen LogP) is 5.44. The lowest BCUT2D eigenvalue weighted by Gasteiger charge is -2.30. The summed E-state index contributed by atoms with van der Waals surface area (Å²) >= 11 is 0. The number of aliphatic hydroxyl groups excluding tert-OH is 1. The van der Waals surface area contributed by atoms with Crippen molar-refractivity contribution in [2.75, 3.05) is 18.6 Å². The quantitative estimate of drug-likeness (QED) is 0.242. The van der Waals surface area contributed by atoms with Crippen LogP contribution < -0.4 is 15.5 Å². The molecule has 2 amide bonds. The van der Waals surface area contributed by atoms with Gasteiger partial charge in [0.1, 0.15) is 6.23 Å². The van der Waals surface area contributed by atoms with Gasteiger partial charge in [-0.05, 0) is 41.8 Å². The summed E-state index contributed by atoms with van der Waals surface area (Å²) in [6.07, 6.45) is -0.788. The Kier molecular flexibility index (Phi) is 9.43. The molecule has 37 heavy (non-hydrogen) atoms. The first-order valence-corrected chi connectivity index (χ1v) is 12.4. The monoisotopic (exact) mass is 495 g/mol. The minimum atomic E-state index is -0.876. The molecular weight excluding hydrogens is 462 g/mol. The molecule has 4 aromatic carbocycles. The maximum atomic E-state index is 13.7. The van der Waals surface area contributed by atoms with Crippen LogP contribution in [0.4, 0.5) is 16.2 Å². The van der Waals surface area contributed by atoms with E-state index in [2.05, 4.69) is 10.6 Å². The fraction of sp³-hybridized carbons (Fsp3) is 0.194. The van der Waals surface area contributed by atoms with Crippen molar-refractivity contribution in [3.05, 3.63) is 132 Å². The summed E-state index contributed by atoms with van der Waals surface area (Å²) < 4.78 is 5.60. The van der Waals surface area contributed by atoms with Crippen molar-refractivity contribution in [1.82, 2.24) is 10.6 Å². The number of hydrogen-bond acceptors (Lipinski definition) is 4. The van der Waals surface area contributed by atoms with E-state index in [0.717, 1.165) is 22.5 Å². The van der Waals surface area contributed by atoms with E-state index < -0.39 is 12.1 Å². The minimum Gasteiger partial charge on any atom is -0.390 e. The zero-order chi connectivity index (χ0) is 25.9. The Morgan fingerprint density at radius 1 is 0.784 bits per heavy atom. The van der Waals surface area contributed by atoms with Crippen LogP contribution >= 0.6 is 0 Å². The van der Waals surface area contributed by atoms with E-state index in [4.69, 9.17) is 4.74 Å². The highest BCUT2D eigenvalue weighted by molar-refractivity contribution is 5.99. The van der Waals surface area contributed by atoms with Gasteiger partial charge >= 0.3 is 6.03 Å². The molecule has 4 rings (SSSR count). The zero-order valence-corrected chi connectivity index (χ0v) is 20.9. The highest BCUT2D eigenvalue weighted by atomic mass is 16.5. The molecule has 0 saturated carbocycles. The molecule has 6 nitrogen and oxygen atoms in total. The second-order valence-corrected chi connectivity index (χ2v) is 8.75. The second-order valence-electron chi connectivity index (χ2n) is 8.75. The number of rotatable bonds is 11. The molecule has 190 valence electrons. The predicted molar refractivity (Wildman–Crippen MR) is 148 cm³/mol. The van der Waals surface area contributed by atoms with E-state index in [1.807, 2.05) is 121 Å². The Morgan fingerprint density at radius 3 is 1.78 bits per heavy atom. The van der Waals surface area contributed by atoms with E-state index in [1.54, 1.807) is 12.0 Å². The van der Waals surface area contributed by atoms with Crippen molar-refractivity contribution < 1.29 is 14.6 Å². The summed E-state index contributed by atoms with van der Waals surface area (Å²) in [5.74, 6) is 0. The summed E-state index contributed by atoms with van der Waals surface area (Å²) in [6.45, 7) is 0.224. The number of urea groups is 1. The van der Waals surface area contributed by atoms with Crippen molar-refractivity contribution in [3.63, 3.8) is 0 Å². The van der Waals surface area contributed by atoms with Crippen LogP contribution in [-0.4, -0.2) is 36.9 Å². The molecule has 0 radical (unpaired) electrons. The standard InChI is InChI=1S/C31H33N3O3/c1-37-30(25-16-8-3-9-17-25)32-23-29(35)28(22-24-14-6-2-7-15-24)33-31(36)34(26-18-10-4-11-19-26)27-20-12-5-13-21-27/h2-21,28-30,32,35H,22-23H2,1H3,(H,33,36)/t28-,29+,30?/m0/s1. The number of nitrogens with one attached hydrogen (secondary N) is 2. The Hall–Kier alpha value is -3.97. The lowest BCUT2D eigenvalue weighted by molar-refractivity contribution is 0.0497. The number of amides is 2. The molecule has 0 aromatic heterocycles. The van der Waals surface area contributed by atoms with E-state index in [9.17, 15) is 9.90 Å². The Balaban J connectivity index is 1.54. The van der Waals surface area contributed by atoms with Crippen molar-refractivity contribution >= 4 is 17.4 Å². The summed E-state index contributed by atoms with van der Waals surface area (Å²) in [5.41, 5.74) is 3.45. The van der Waals surface area contributed by atoms with E-state index in [1.165, 1.54) is 0 Å². The highest BCUT2D eigenvalue weighted by Crippen LogP contribution is 2.25. The SMILES string of the molecule is COC(NC[C@@H](O)[C@H](Cc1ccccc1)NC(=O)N(c1ccccc1)c1ccccc1)c1ccccc1. The third-order valence-electron chi connectivity index (χ3n) is 6.15. The van der Waals surface area contributed by atoms with Crippen LogP contribution in [-0.2, 0) is 11.2 Å². The number of anilines is 2. The molecule has 0 aliphatic rings. The molecule has 0 bridgehead atoms. The molecule has 3 N–H and O–H groups in total. The van der Waals surface area contributed by atoms with Gasteiger partial charge in [-0.15, -0.1) is 0 Å². The van der Waals surface area contributed by atoms with Crippen molar-refractivity contribution in [2.45, 2.75) is 24.8 Å². The topological polar surface area (TPSA) is 73.8 Å². The van der Waals surface area contributed by atoms with Crippen LogP contribution in [0.25, 0.3) is 0 Å². The van der Waals surface area contributed by atoms with Gasteiger partial charge in [0.05, 0.1) is 23.5 Å². The van der Waals surface area contributed by atoms with E-state index in [0.29, 0.717) is 6.42 Å². The maximum absolute atomic E-state index is 13.7. The number of benzene rings is 4. The van der Waals surface area contributed by atoms with Crippen LogP contribution in [0.15, 0.2) is 121 Å². The van der Waals surface area contributed by atoms with Gasteiger partial charge in [0, 0.05) is 13.7 Å². The Bertz CT molecular complexity index is 1170. The number of nitrogens with zero attached hydrogens (tertiary/aromatic N) is 1. The van der Waals surface area contributed by atoms with Gasteiger partial charge in [-0.3, -0.25) is 10.2 Å². The Morgan fingerprint density at radius 2 is 1.27 bits per heavy atom. The number of methoxy groups -OCH3 is 1. The molecule has 0 spiro atoms. The molecule has 3 atom stereocenters. The van der Waals surface area contributed by atoms with Crippen molar-refractivity contribution in [3.8, 4) is 0 Å². The fourth-order valence-electron chi connectivity index (χ4n) is 4.25. The van der Waals surface area contributed by atoms with Crippen LogP contribution in [0.3, 0.4) is 0 Å². The van der Waals surface area contributed by atoms with Gasteiger partial charge in [-0.1, -0.05) is 97.1 Å². The first kappa shape index (κ1) is 26.1. The maximum Gasteiger partial charge on any atom is 0.326 e. The van der Waals surface area contributed by atoms with Crippen LogP contribution in [0.1, 0.15) is 17.4 Å². The molecular formula is C31H33N3O3. The molecule has 0 aliphatic carbocycles. The number of carbonyl (C=O) groups is 1. The number of carbonyl (C=O) groups excluding carboxylic acids is 1. The number of para-hydroxylation sites is 2. The molecule has 6 heteroatoms. The summed E-state index contributed by atoms with van der Waals surface area (Å²) in [5, 5.41) is 17.7. The lowest BCUT2D eigenvalue weighted by atomic mass is 10.0. The first-order valence-electron chi connectivity index (χ1n) is 12.4. The van der Waals surface area contributed by atoms with Gasteiger partial charge in [-0.2, -0.15) is 0 Å². The van der Waals surface area contributed by atoms with Gasteiger partial charge in [0.15, 0.2) is 0 Å².